The first-order chi connectivity index (χ1) is 13.1. The third kappa shape index (κ3) is 3.45. The summed E-state index contributed by atoms with van der Waals surface area (Å²) in [6, 6.07) is 14.2. The molecular formula is C19H11ClFN3O3. The summed E-state index contributed by atoms with van der Waals surface area (Å²) in [5.74, 6) is -0.412. The summed E-state index contributed by atoms with van der Waals surface area (Å²) in [6.07, 6.45) is 1.50. The number of benzene rings is 2. The molecule has 0 aliphatic rings. The zero-order chi connectivity index (χ0) is 18.8. The van der Waals surface area contributed by atoms with Crippen LogP contribution in [-0.2, 0) is 0 Å². The van der Waals surface area contributed by atoms with Crippen LogP contribution in [0.1, 0.15) is 10.4 Å². The van der Waals surface area contributed by atoms with Crippen LogP contribution in [0, 0.1) is 5.82 Å². The molecule has 0 saturated heterocycles. The third-order valence-electron chi connectivity index (χ3n) is 3.71. The van der Waals surface area contributed by atoms with Crippen molar-refractivity contribution in [2.45, 2.75) is 0 Å². The van der Waals surface area contributed by atoms with E-state index in [9.17, 15) is 9.18 Å². The Bertz CT molecular complexity index is 1090. The third-order valence-corrected chi connectivity index (χ3v) is 4.03. The molecule has 0 radical (unpaired) electrons. The number of rotatable bonds is 4. The fraction of sp³-hybridized carbons (Fsp3) is 0. The van der Waals surface area contributed by atoms with Gasteiger partial charge in [-0.3, -0.25) is 4.79 Å². The molecule has 27 heavy (non-hydrogen) atoms. The number of aromatic nitrogens is 2. The van der Waals surface area contributed by atoms with Crippen molar-refractivity contribution in [2.24, 2.45) is 0 Å². The predicted octanol–water partition coefficient (Wildman–Crippen LogP) is 5.04. The number of hydrogen-bond acceptors (Lipinski definition) is 5. The molecule has 0 saturated carbocycles. The molecule has 2 aromatic carbocycles. The lowest BCUT2D eigenvalue weighted by Crippen LogP contribution is -2.14. The van der Waals surface area contributed by atoms with Crippen LogP contribution in [0.25, 0.3) is 23.1 Å². The molecule has 8 heteroatoms. The quantitative estimate of drug-likeness (QED) is 0.533. The first kappa shape index (κ1) is 17.0. The van der Waals surface area contributed by atoms with Crippen LogP contribution in [0.3, 0.4) is 0 Å². The van der Waals surface area contributed by atoms with E-state index >= 15 is 0 Å². The topological polar surface area (TPSA) is 81.2 Å². The molecule has 0 atom stereocenters. The fourth-order valence-corrected chi connectivity index (χ4v) is 2.73. The average Bonchev–Trinajstić information content (AvgIpc) is 3.33. The number of nitrogens with one attached hydrogen (secondary N) is 1. The van der Waals surface area contributed by atoms with Crippen LogP contribution in [0.5, 0.6) is 0 Å². The summed E-state index contributed by atoms with van der Waals surface area (Å²) in [6.45, 7) is 0. The van der Waals surface area contributed by atoms with Crippen LogP contribution in [0.15, 0.2) is 69.7 Å². The minimum absolute atomic E-state index is 0.0312. The van der Waals surface area contributed by atoms with Crippen LogP contribution in [0.4, 0.5) is 10.1 Å². The normalized spacial score (nSPS) is 10.7. The minimum Gasteiger partial charge on any atom is -0.459 e. The second-order valence-electron chi connectivity index (χ2n) is 5.52. The van der Waals surface area contributed by atoms with E-state index in [0.29, 0.717) is 17.0 Å². The number of amides is 1. The lowest BCUT2D eigenvalue weighted by molar-refractivity contribution is 0.102. The average molecular weight is 384 g/mol. The standard InChI is InChI=1S/C19H11ClFN3O3/c20-13-6-2-7-14(21)16(13)17(25)22-12-5-1-4-11(10-12)18-23-24-19(27-18)15-8-3-9-26-15/h1-10H,(H,22,25). The molecule has 0 fully saturated rings. The number of carbonyl (C=O) groups is 1. The monoisotopic (exact) mass is 383 g/mol. The molecule has 1 amide bonds. The Hall–Kier alpha value is -3.45. The van der Waals surface area contributed by atoms with Crippen molar-refractivity contribution < 1.29 is 18.0 Å². The van der Waals surface area contributed by atoms with Gasteiger partial charge < -0.3 is 14.2 Å². The largest absolute Gasteiger partial charge is 0.459 e. The highest BCUT2D eigenvalue weighted by Gasteiger charge is 2.17. The van der Waals surface area contributed by atoms with Crippen LogP contribution < -0.4 is 5.32 Å². The second-order valence-corrected chi connectivity index (χ2v) is 5.93. The number of furan rings is 1. The zero-order valence-corrected chi connectivity index (χ0v) is 14.4. The predicted molar refractivity (Wildman–Crippen MR) is 96.8 cm³/mol. The van der Waals surface area contributed by atoms with Gasteiger partial charge in [0.05, 0.1) is 16.8 Å². The first-order valence-corrected chi connectivity index (χ1v) is 8.23. The molecule has 0 bridgehead atoms. The van der Waals surface area contributed by atoms with E-state index in [1.165, 1.54) is 24.5 Å². The zero-order valence-electron chi connectivity index (χ0n) is 13.6. The van der Waals surface area contributed by atoms with E-state index in [0.717, 1.165) is 0 Å². The molecule has 6 nitrogen and oxygen atoms in total. The van der Waals surface area contributed by atoms with Crippen LogP contribution in [-0.4, -0.2) is 16.1 Å². The van der Waals surface area contributed by atoms with E-state index in [1.54, 1.807) is 36.4 Å². The van der Waals surface area contributed by atoms with E-state index in [-0.39, 0.29) is 22.4 Å². The maximum absolute atomic E-state index is 13.9. The fourth-order valence-electron chi connectivity index (χ4n) is 2.48. The van der Waals surface area contributed by atoms with Crippen molar-refractivity contribution >= 4 is 23.2 Å². The van der Waals surface area contributed by atoms with Gasteiger partial charge in [0.2, 0.25) is 5.89 Å². The summed E-state index contributed by atoms with van der Waals surface area (Å²) in [5, 5.41) is 10.6. The van der Waals surface area contributed by atoms with Gasteiger partial charge in [-0.05, 0) is 42.5 Å². The summed E-state index contributed by atoms with van der Waals surface area (Å²) in [4.78, 5) is 12.4. The van der Waals surface area contributed by atoms with Gasteiger partial charge in [0.1, 0.15) is 5.82 Å². The molecule has 4 rings (SSSR count). The van der Waals surface area contributed by atoms with Crippen molar-refractivity contribution in [3.8, 4) is 23.1 Å². The number of anilines is 1. The molecule has 134 valence electrons. The van der Waals surface area contributed by atoms with Crippen molar-refractivity contribution in [2.75, 3.05) is 5.32 Å². The molecule has 0 unspecified atom stereocenters. The number of hydrogen-bond donors (Lipinski definition) is 1. The summed E-state index contributed by atoms with van der Waals surface area (Å²) in [7, 11) is 0. The smallest absolute Gasteiger partial charge is 0.283 e. The van der Waals surface area contributed by atoms with Crippen LogP contribution >= 0.6 is 11.6 Å². The van der Waals surface area contributed by atoms with Gasteiger partial charge in [-0.25, -0.2) is 4.39 Å². The Kier molecular flexibility index (Phi) is 4.43. The van der Waals surface area contributed by atoms with E-state index < -0.39 is 11.7 Å². The Morgan fingerprint density at radius 1 is 1.04 bits per heavy atom. The number of halogens is 2. The highest BCUT2D eigenvalue weighted by molar-refractivity contribution is 6.34. The van der Waals surface area contributed by atoms with Gasteiger partial charge in [0.25, 0.3) is 11.8 Å². The van der Waals surface area contributed by atoms with Gasteiger partial charge in [0.15, 0.2) is 5.76 Å². The molecule has 0 aliphatic heterocycles. The highest BCUT2D eigenvalue weighted by Crippen LogP contribution is 2.26. The summed E-state index contributed by atoms with van der Waals surface area (Å²) < 4.78 is 24.7. The lowest BCUT2D eigenvalue weighted by Gasteiger charge is -2.08. The second kappa shape index (κ2) is 7.05. The minimum atomic E-state index is -0.698. The first-order valence-electron chi connectivity index (χ1n) is 7.85. The SMILES string of the molecule is O=C(Nc1cccc(-c2nnc(-c3ccco3)o2)c1)c1c(F)cccc1Cl. The Morgan fingerprint density at radius 2 is 1.85 bits per heavy atom. The lowest BCUT2D eigenvalue weighted by atomic mass is 10.1. The van der Waals surface area contributed by atoms with Gasteiger partial charge in [-0.15, -0.1) is 10.2 Å². The molecule has 2 heterocycles. The highest BCUT2D eigenvalue weighted by atomic mass is 35.5. The van der Waals surface area contributed by atoms with E-state index in [2.05, 4.69) is 15.5 Å². The molecule has 4 aromatic rings. The van der Waals surface area contributed by atoms with Crippen molar-refractivity contribution in [1.29, 1.82) is 0 Å². The van der Waals surface area contributed by atoms with E-state index in [1.807, 2.05) is 0 Å². The Labute approximate surface area is 157 Å². The maximum atomic E-state index is 13.9. The maximum Gasteiger partial charge on any atom is 0.283 e. The molecule has 0 aliphatic carbocycles. The Balaban J connectivity index is 1.59. The molecule has 0 spiro atoms. The summed E-state index contributed by atoms with van der Waals surface area (Å²) >= 11 is 5.93. The Morgan fingerprint density at radius 3 is 2.63 bits per heavy atom. The van der Waals surface area contributed by atoms with Crippen LogP contribution in [0.2, 0.25) is 5.02 Å². The molecular weight excluding hydrogens is 373 g/mol. The molecule has 2 aromatic heterocycles. The number of carbonyl (C=O) groups excluding carboxylic acids is 1. The van der Waals surface area contributed by atoms with Crippen molar-refractivity contribution in [3.05, 3.63) is 77.3 Å². The summed E-state index contributed by atoms with van der Waals surface area (Å²) in [5.41, 5.74) is 0.787. The van der Waals surface area contributed by atoms with Gasteiger partial charge in [0, 0.05) is 11.3 Å². The van der Waals surface area contributed by atoms with E-state index in [4.69, 9.17) is 20.4 Å². The van der Waals surface area contributed by atoms with Gasteiger partial charge in [-0.1, -0.05) is 23.7 Å². The number of nitrogens with zero attached hydrogens (tertiary/aromatic N) is 2. The van der Waals surface area contributed by atoms with Crippen molar-refractivity contribution in [1.82, 2.24) is 10.2 Å². The molecule has 1 N–H and O–H groups in total. The van der Waals surface area contributed by atoms with Gasteiger partial charge >= 0.3 is 0 Å². The van der Waals surface area contributed by atoms with Gasteiger partial charge in [-0.2, -0.15) is 0 Å². The van der Waals surface area contributed by atoms with Crippen molar-refractivity contribution in [3.63, 3.8) is 0 Å².